The first-order valence-corrected chi connectivity index (χ1v) is 11.3. The van der Waals surface area contributed by atoms with Gasteiger partial charge >= 0.3 is 0 Å². The Labute approximate surface area is 181 Å². The van der Waals surface area contributed by atoms with Crippen LogP contribution in [0.5, 0.6) is 0 Å². The Kier molecular flexibility index (Phi) is 7.02. The van der Waals surface area contributed by atoms with Gasteiger partial charge in [-0.2, -0.15) is 0 Å². The molecule has 30 heavy (non-hydrogen) atoms. The van der Waals surface area contributed by atoms with Crippen LogP contribution in [0.15, 0.2) is 34.2 Å². The number of H-pyrrole nitrogens is 1. The third-order valence-electron chi connectivity index (χ3n) is 5.16. The molecule has 3 rings (SSSR count). The van der Waals surface area contributed by atoms with Crippen LogP contribution >= 0.6 is 11.8 Å². The van der Waals surface area contributed by atoms with Crippen molar-refractivity contribution in [3.05, 3.63) is 57.0 Å². The van der Waals surface area contributed by atoms with Crippen molar-refractivity contribution >= 4 is 28.7 Å². The molecule has 0 aliphatic heterocycles. The van der Waals surface area contributed by atoms with E-state index in [0.29, 0.717) is 35.2 Å². The average Bonchev–Trinajstić information content (AvgIpc) is 3.07. The van der Waals surface area contributed by atoms with Crippen molar-refractivity contribution in [3.8, 4) is 0 Å². The van der Waals surface area contributed by atoms with E-state index in [2.05, 4.69) is 55.1 Å². The molecule has 0 saturated heterocycles. The highest BCUT2D eigenvalue weighted by Gasteiger charge is 2.15. The highest BCUT2D eigenvalue weighted by Crippen LogP contribution is 2.19. The number of rotatable bonds is 8. The summed E-state index contributed by atoms with van der Waals surface area (Å²) in [4.78, 5) is 33.2. The minimum Gasteiger partial charge on any atom is -0.353 e. The number of carbonyl (C=O) groups excluding carboxylic acids is 1. The van der Waals surface area contributed by atoms with E-state index < -0.39 is 0 Å². The summed E-state index contributed by atoms with van der Waals surface area (Å²) in [6.45, 7) is 11.4. The number of benzene rings is 1. The van der Waals surface area contributed by atoms with Gasteiger partial charge in [0.25, 0.3) is 5.56 Å². The van der Waals surface area contributed by atoms with Crippen LogP contribution in [0, 0.1) is 26.7 Å². The fourth-order valence-electron chi connectivity index (χ4n) is 3.20. The van der Waals surface area contributed by atoms with E-state index in [1.54, 1.807) is 4.57 Å². The first-order chi connectivity index (χ1) is 14.2. The molecule has 3 aromatic rings. The summed E-state index contributed by atoms with van der Waals surface area (Å²) in [6.07, 6.45) is 0.874. The van der Waals surface area contributed by atoms with Gasteiger partial charge in [-0.1, -0.05) is 43.8 Å². The third-order valence-corrected chi connectivity index (χ3v) is 6.14. The predicted molar refractivity (Wildman–Crippen MR) is 123 cm³/mol. The Balaban J connectivity index is 1.71. The van der Waals surface area contributed by atoms with Gasteiger partial charge in [0.1, 0.15) is 5.52 Å². The highest BCUT2D eigenvalue weighted by atomic mass is 32.2. The number of thioether (sulfide) groups is 1. The quantitative estimate of drug-likeness (QED) is 0.420. The van der Waals surface area contributed by atoms with Crippen molar-refractivity contribution in [2.45, 2.75) is 59.3 Å². The summed E-state index contributed by atoms with van der Waals surface area (Å²) < 4.78 is 1.69. The first kappa shape index (κ1) is 22.2. The maximum Gasteiger partial charge on any atom is 0.278 e. The lowest BCUT2D eigenvalue weighted by Crippen LogP contribution is -2.27. The van der Waals surface area contributed by atoms with E-state index in [1.807, 2.05) is 19.1 Å². The smallest absolute Gasteiger partial charge is 0.278 e. The summed E-state index contributed by atoms with van der Waals surface area (Å²) in [7, 11) is 0. The Morgan fingerprint density at radius 2 is 1.97 bits per heavy atom. The Morgan fingerprint density at radius 3 is 2.67 bits per heavy atom. The van der Waals surface area contributed by atoms with Gasteiger partial charge in [0.05, 0.1) is 11.3 Å². The molecule has 1 amide bonds. The van der Waals surface area contributed by atoms with Crippen molar-refractivity contribution in [3.63, 3.8) is 0 Å². The van der Waals surface area contributed by atoms with Crippen LogP contribution in [0.1, 0.15) is 42.7 Å². The molecule has 0 saturated carbocycles. The number of fused-ring (bicyclic) bond motifs is 1. The molecule has 0 radical (unpaired) electrons. The van der Waals surface area contributed by atoms with Gasteiger partial charge in [-0.15, -0.1) is 0 Å². The van der Waals surface area contributed by atoms with Gasteiger partial charge in [-0.05, 0) is 55.9 Å². The minimum absolute atomic E-state index is 0.0757. The van der Waals surface area contributed by atoms with Gasteiger partial charge in [0.2, 0.25) is 5.91 Å². The molecule has 2 N–H and O–H groups in total. The molecule has 2 heterocycles. The number of nitrogens with one attached hydrogen (secondary N) is 2. The summed E-state index contributed by atoms with van der Waals surface area (Å²) in [6, 6.07) is 8.06. The number of hydrogen-bond acceptors (Lipinski definition) is 4. The maximum absolute atomic E-state index is 13.0. The van der Waals surface area contributed by atoms with Crippen LogP contribution < -0.4 is 10.9 Å². The van der Waals surface area contributed by atoms with Crippen LogP contribution in [0.2, 0.25) is 0 Å². The van der Waals surface area contributed by atoms with E-state index >= 15 is 0 Å². The van der Waals surface area contributed by atoms with Gasteiger partial charge in [-0.25, -0.2) is 4.98 Å². The fourth-order valence-corrected chi connectivity index (χ4v) is 4.06. The fraction of sp³-hybridized carbons (Fsp3) is 0.435. The number of carbonyl (C=O) groups is 1. The van der Waals surface area contributed by atoms with Crippen LogP contribution in [0.4, 0.5) is 0 Å². The van der Waals surface area contributed by atoms with Crippen LogP contribution in [-0.2, 0) is 17.9 Å². The summed E-state index contributed by atoms with van der Waals surface area (Å²) in [5.41, 5.74) is 5.53. The summed E-state index contributed by atoms with van der Waals surface area (Å²) >= 11 is 1.31. The summed E-state index contributed by atoms with van der Waals surface area (Å²) in [5.74, 6) is 0.610. The van der Waals surface area contributed by atoms with Gasteiger partial charge in [-0.3, -0.25) is 14.2 Å². The first-order valence-electron chi connectivity index (χ1n) is 10.3. The van der Waals surface area contributed by atoms with E-state index in [-0.39, 0.29) is 17.2 Å². The van der Waals surface area contributed by atoms with E-state index in [9.17, 15) is 9.59 Å². The molecular weight excluding hydrogens is 396 g/mol. The van der Waals surface area contributed by atoms with Crippen LogP contribution in [0.3, 0.4) is 0 Å². The lowest BCUT2D eigenvalue weighted by Gasteiger charge is -2.13. The van der Waals surface area contributed by atoms with Gasteiger partial charge in [0, 0.05) is 18.8 Å². The highest BCUT2D eigenvalue weighted by molar-refractivity contribution is 7.99. The normalized spacial score (nSPS) is 11.4. The zero-order valence-electron chi connectivity index (χ0n) is 18.3. The minimum atomic E-state index is -0.0770. The topological polar surface area (TPSA) is 79.8 Å². The molecule has 0 spiro atoms. The molecular formula is C23H30N4O2S. The molecule has 160 valence electrons. The second kappa shape index (κ2) is 9.51. The molecule has 1 aromatic carbocycles. The largest absolute Gasteiger partial charge is 0.353 e. The number of aromatic amines is 1. The Hall–Kier alpha value is -2.54. The number of nitrogens with zero attached hydrogens (tertiary/aromatic N) is 2. The van der Waals surface area contributed by atoms with E-state index in [4.69, 9.17) is 0 Å². The predicted octanol–water partition coefficient (Wildman–Crippen LogP) is 4.10. The molecule has 2 aromatic heterocycles. The summed E-state index contributed by atoms with van der Waals surface area (Å²) in [5, 5.41) is 3.55. The molecule has 0 unspecified atom stereocenters. The zero-order chi connectivity index (χ0) is 21.8. The molecule has 0 aliphatic rings. The number of aryl methyl sites for hydroxylation is 3. The van der Waals surface area contributed by atoms with Crippen LogP contribution in [-0.4, -0.2) is 26.2 Å². The van der Waals surface area contributed by atoms with Gasteiger partial charge < -0.3 is 10.3 Å². The molecule has 6 nitrogen and oxygen atoms in total. The second-order valence-electron chi connectivity index (χ2n) is 8.23. The lowest BCUT2D eigenvalue weighted by molar-refractivity contribution is -0.118. The van der Waals surface area contributed by atoms with Crippen molar-refractivity contribution in [1.82, 2.24) is 19.9 Å². The van der Waals surface area contributed by atoms with E-state index in [1.165, 1.54) is 22.9 Å². The molecule has 0 bridgehead atoms. The van der Waals surface area contributed by atoms with Crippen LogP contribution in [0.25, 0.3) is 11.0 Å². The number of hydrogen-bond donors (Lipinski definition) is 2. The molecule has 0 atom stereocenters. The van der Waals surface area contributed by atoms with E-state index in [0.717, 1.165) is 17.7 Å². The Morgan fingerprint density at radius 1 is 1.20 bits per heavy atom. The van der Waals surface area contributed by atoms with Crippen molar-refractivity contribution in [2.24, 2.45) is 5.92 Å². The number of aromatic nitrogens is 3. The molecule has 0 aliphatic carbocycles. The lowest BCUT2D eigenvalue weighted by atomic mass is 10.1. The maximum atomic E-state index is 13.0. The second-order valence-corrected chi connectivity index (χ2v) is 9.17. The average molecular weight is 427 g/mol. The SMILES string of the molecule is Cc1cc2nc(SCC(=O)NCc3ccc(C)c(C)c3)n(CCC(C)C)c(=O)c2[nH]1. The monoisotopic (exact) mass is 426 g/mol. The molecule has 7 heteroatoms. The Bertz CT molecular complexity index is 1110. The number of amides is 1. The molecule has 0 fully saturated rings. The van der Waals surface area contributed by atoms with Crippen molar-refractivity contribution in [2.75, 3.05) is 5.75 Å². The van der Waals surface area contributed by atoms with Crippen molar-refractivity contribution < 1.29 is 4.79 Å². The third kappa shape index (κ3) is 5.33. The zero-order valence-corrected chi connectivity index (χ0v) is 19.2. The van der Waals surface area contributed by atoms with Gasteiger partial charge in [0.15, 0.2) is 5.16 Å². The van der Waals surface area contributed by atoms with Crippen molar-refractivity contribution in [1.29, 1.82) is 0 Å². The standard InChI is InChI=1S/C23H30N4O2S/c1-14(2)8-9-27-22(29)21-19(11-17(5)25-21)26-23(27)30-13-20(28)24-12-18-7-6-15(3)16(4)10-18/h6-7,10-11,14,25H,8-9,12-13H2,1-5H3,(H,24,28).